The predicted octanol–water partition coefficient (Wildman–Crippen LogP) is 2.15. The minimum atomic E-state index is -0.745. The molecule has 1 saturated carbocycles. The van der Waals surface area contributed by atoms with Gasteiger partial charge in [-0.2, -0.15) is 0 Å². The molecular weight excluding hydrogens is 268 g/mol. The number of nitrogens with one attached hydrogen (secondary N) is 1. The van der Waals surface area contributed by atoms with Crippen molar-refractivity contribution in [2.24, 2.45) is 23.5 Å². The molecular formula is C16H30N2O3. The van der Waals surface area contributed by atoms with E-state index >= 15 is 0 Å². The van der Waals surface area contributed by atoms with Crippen LogP contribution >= 0.6 is 0 Å². The molecule has 0 aromatic heterocycles. The van der Waals surface area contributed by atoms with Gasteiger partial charge in [-0.05, 0) is 44.1 Å². The number of rotatable bonds is 9. The van der Waals surface area contributed by atoms with Crippen LogP contribution in [-0.2, 0) is 9.59 Å². The highest BCUT2D eigenvalue weighted by Crippen LogP contribution is 2.29. The topological polar surface area (TPSA) is 92.4 Å². The summed E-state index contributed by atoms with van der Waals surface area (Å²) in [5.74, 6) is 0.164. The average Bonchev–Trinajstić information content (AvgIpc) is 2.50. The van der Waals surface area contributed by atoms with E-state index < -0.39 is 5.97 Å². The first-order valence-corrected chi connectivity index (χ1v) is 8.28. The largest absolute Gasteiger partial charge is 0.481 e. The SMILES string of the molecule is CCC(CCNC(=O)C1CCCCC1CN)CCC(=O)O. The number of carboxylic acids is 1. The standard InChI is InChI=1S/C16H30N2O3/c1-2-12(7-8-15(19)20)9-10-18-16(21)14-6-4-3-5-13(14)11-17/h12-14H,2-11,17H2,1H3,(H,18,21)(H,19,20). The van der Waals surface area contributed by atoms with Crippen LogP contribution in [0.5, 0.6) is 0 Å². The Kier molecular flexibility index (Phi) is 8.35. The molecule has 1 amide bonds. The summed E-state index contributed by atoms with van der Waals surface area (Å²) in [4.78, 5) is 22.8. The molecule has 5 heteroatoms. The highest BCUT2D eigenvalue weighted by molar-refractivity contribution is 5.79. The van der Waals surface area contributed by atoms with E-state index in [2.05, 4.69) is 12.2 Å². The van der Waals surface area contributed by atoms with Crippen LogP contribution in [0.2, 0.25) is 0 Å². The quantitative estimate of drug-likeness (QED) is 0.608. The maximum absolute atomic E-state index is 12.2. The van der Waals surface area contributed by atoms with Crippen molar-refractivity contribution < 1.29 is 14.7 Å². The van der Waals surface area contributed by atoms with Gasteiger partial charge in [0, 0.05) is 18.9 Å². The molecule has 0 heterocycles. The summed E-state index contributed by atoms with van der Waals surface area (Å²) < 4.78 is 0. The van der Waals surface area contributed by atoms with Crippen molar-refractivity contribution in [3.05, 3.63) is 0 Å². The maximum atomic E-state index is 12.2. The second kappa shape index (κ2) is 9.77. The number of carbonyl (C=O) groups excluding carboxylic acids is 1. The van der Waals surface area contributed by atoms with Gasteiger partial charge in [0.15, 0.2) is 0 Å². The number of carboxylic acid groups (broad SMARTS) is 1. The van der Waals surface area contributed by atoms with Crippen LogP contribution in [0.25, 0.3) is 0 Å². The Bertz CT molecular complexity index is 333. The van der Waals surface area contributed by atoms with Crippen molar-refractivity contribution in [1.82, 2.24) is 5.32 Å². The van der Waals surface area contributed by atoms with Crippen molar-refractivity contribution in [2.75, 3.05) is 13.1 Å². The molecule has 0 aromatic rings. The smallest absolute Gasteiger partial charge is 0.303 e. The minimum Gasteiger partial charge on any atom is -0.481 e. The fraction of sp³-hybridized carbons (Fsp3) is 0.875. The van der Waals surface area contributed by atoms with Gasteiger partial charge in [-0.25, -0.2) is 0 Å². The molecule has 3 atom stereocenters. The summed E-state index contributed by atoms with van der Waals surface area (Å²) in [5, 5.41) is 11.7. The van der Waals surface area contributed by atoms with Crippen LogP contribution in [0.3, 0.4) is 0 Å². The van der Waals surface area contributed by atoms with Gasteiger partial charge >= 0.3 is 5.97 Å². The number of nitrogens with two attached hydrogens (primary N) is 1. The van der Waals surface area contributed by atoms with Crippen molar-refractivity contribution in [3.63, 3.8) is 0 Å². The van der Waals surface area contributed by atoms with Gasteiger partial charge < -0.3 is 16.2 Å². The van der Waals surface area contributed by atoms with E-state index in [4.69, 9.17) is 10.8 Å². The number of aliphatic carboxylic acids is 1. The molecule has 0 aromatic carbocycles. The Morgan fingerprint density at radius 1 is 1.29 bits per heavy atom. The molecule has 5 nitrogen and oxygen atoms in total. The van der Waals surface area contributed by atoms with Crippen molar-refractivity contribution >= 4 is 11.9 Å². The van der Waals surface area contributed by atoms with Crippen molar-refractivity contribution in [1.29, 1.82) is 0 Å². The molecule has 1 fully saturated rings. The second-order valence-corrected chi connectivity index (χ2v) is 6.17. The third-order valence-corrected chi connectivity index (χ3v) is 4.74. The highest BCUT2D eigenvalue weighted by Gasteiger charge is 2.29. The summed E-state index contributed by atoms with van der Waals surface area (Å²) in [6.45, 7) is 3.30. The molecule has 3 unspecified atom stereocenters. The van der Waals surface area contributed by atoms with Gasteiger partial charge in [-0.15, -0.1) is 0 Å². The fourth-order valence-electron chi connectivity index (χ4n) is 3.25. The number of carbonyl (C=O) groups is 2. The first-order valence-electron chi connectivity index (χ1n) is 8.28. The Morgan fingerprint density at radius 3 is 2.62 bits per heavy atom. The van der Waals surface area contributed by atoms with Crippen LogP contribution in [0.1, 0.15) is 58.3 Å². The number of hydrogen-bond acceptors (Lipinski definition) is 3. The lowest BCUT2D eigenvalue weighted by Gasteiger charge is -2.29. The van der Waals surface area contributed by atoms with Crippen molar-refractivity contribution in [3.8, 4) is 0 Å². The third kappa shape index (κ3) is 6.46. The van der Waals surface area contributed by atoms with Crippen LogP contribution in [0.4, 0.5) is 0 Å². The lowest BCUT2D eigenvalue weighted by molar-refractivity contribution is -0.137. The van der Waals surface area contributed by atoms with E-state index in [9.17, 15) is 9.59 Å². The zero-order chi connectivity index (χ0) is 15.7. The van der Waals surface area contributed by atoms with E-state index in [0.717, 1.165) is 32.1 Å². The maximum Gasteiger partial charge on any atom is 0.303 e. The Balaban J connectivity index is 2.29. The summed E-state index contributed by atoms with van der Waals surface area (Å²) in [6.07, 6.45) is 7.02. The van der Waals surface area contributed by atoms with Gasteiger partial charge in [0.05, 0.1) is 0 Å². The van der Waals surface area contributed by atoms with Gasteiger partial charge in [0.2, 0.25) is 5.91 Å². The van der Waals surface area contributed by atoms with Gasteiger partial charge in [-0.1, -0.05) is 26.2 Å². The average molecular weight is 298 g/mol. The Labute approximate surface area is 127 Å². The molecule has 1 aliphatic rings. The first kappa shape index (κ1) is 18.0. The molecule has 0 radical (unpaired) electrons. The summed E-state index contributed by atoms with van der Waals surface area (Å²) in [6, 6.07) is 0. The molecule has 0 spiro atoms. The summed E-state index contributed by atoms with van der Waals surface area (Å²) >= 11 is 0. The minimum absolute atomic E-state index is 0.0721. The molecule has 21 heavy (non-hydrogen) atoms. The van der Waals surface area contributed by atoms with E-state index in [-0.39, 0.29) is 18.2 Å². The molecule has 122 valence electrons. The number of hydrogen-bond donors (Lipinski definition) is 3. The van der Waals surface area contributed by atoms with E-state index in [1.165, 1.54) is 6.42 Å². The zero-order valence-electron chi connectivity index (χ0n) is 13.1. The normalized spacial score (nSPS) is 23.5. The number of amides is 1. The second-order valence-electron chi connectivity index (χ2n) is 6.17. The Morgan fingerprint density at radius 2 is 2.00 bits per heavy atom. The third-order valence-electron chi connectivity index (χ3n) is 4.74. The van der Waals surface area contributed by atoms with Crippen LogP contribution in [0.15, 0.2) is 0 Å². The lowest BCUT2D eigenvalue weighted by Crippen LogP contribution is -2.40. The molecule has 0 saturated heterocycles. The summed E-state index contributed by atoms with van der Waals surface area (Å²) in [7, 11) is 0. The van der Waals surface area contributed by atoms with Crippen LogP contribution < -0.4 is 11.1 Å². The Hall–Kier alpha value is -1.10. The van der Waals surface area contributed by atoms with Crippen molar-refractivity contribution in [2.45, 2.75) is 58.3 Å². The molecule has 1 rings (SSSR count). The van der Waals surface area contributed by atoms with Gasteiger partial charge in [0.1, 0.15) is 0 Å². The fourth-order valence-corrected chi connectivity index (χ4v) is 3.25. The molecule has 0 aliphatic heterocycles. The van der Waals surface area contributed by atoms with E-state index in [1.807, 2.05) is 0 Å². The monoisotopic (exact) mass is 298 g/mol. The molecule has 0 bridgehead atoms. The zero-order valence-corrected chi connectivity index (χ0v) is 13.1. The van der Waals surface area contributed by atoms with Gasteiger partial charge in [-0.3, -0.25) is 9.59 Å². The van der Waals surface area contributed by atoms with E-state index in [1.54, 1.807) is 0 Å². The van der Waals surface area contributed by atoms with E-state index in [0.29, 0.717) is 31.3 Å². The molecule has 4 N–H and O–H groups in total. The predicted molar refractivity (Wildman–Crippen MR) is 82.8 cm³/mol. The summed E-state index contributed by atoms with van der Waals surface area (Å²) in [5.41, 5.74) is 5.76. The van der Waals surface area contributed by atoms with Gasteiger partial charge in [0.25, 0.3) is 0 Å². The van der Waals surface area contributed by atoms with Crippen LogP contribution in [0, 0.1) is 17.8 Å². The lowest BCUT2D eigenvalue weighted by atomic mass is 9.78. The first-order chi connectivity index (χ1) is 10.1. The van der Waals surface area contributed by atoms with Crippen LogP contribution in [-0.4, -0.2) is 30.1 Å². The molecule has 1 aliphatic carbocycles. The highest BCUT2D eigenvalue weighted by atomic mass is 16.4.